The van der Waals surface area contributed by atoms with Crippen LogP contribution in [-0.2, 0) is 9.59 Å². The number of carbonyl (C=O) groups is 3. The van der Waals surface area contributed by atoms with Crippen molar-refractivity contribution in [2.24, 2.45) is 5.92 Å². The van der Waals surface area contributed by atoms with Gasteiger partial charge >= 0.3 is 0 Å². The van der Waals surface area contributed by atoms with Crippen LogP contribution in [0.25, 0.3) is 0 Å². The van der Waals surface area contributed by atoms with Gasteiger partial charge in [-0.25, -0.2) is 10.3 Å². The summed E-state index contributed by atoms with van der Waals surface area (Å²) in [7, 11) is 0. The van der Waals surface area contributed by atoms with Crippen LogP contribution in [-0.4, -0.2) is 28.8 Å². The fraction of sp³-hybridized carbons (Fsp3) is 0.160. The van der Waals surface area contributed by atoms with Crippen molar-refractivity contribution in [1.29, 1.82) is 0 Å². The number of imide groups is 1. The van der Waals surface area contributed by atoms with E-state index in [4.69, 9.17) is 11.6 Å². The molecule has 2 aliphatic heterocycles. The van der Waals surface area contributed by atoms with Gasteiger partial charge in [0.15, 0.2) is 0 Å². The first kappa shape index (κ1) is 21.8. The Morgan fingerprint density at radius 1 is 0.970 bits per heavy atom. The third kappa shape index (κ3) is 3.66. The van der Waals surface area contributed by atoms with Gasteiger partial charge in [0.25, 0.3) is 11.8 Å². The molecule has 3 aromatic rings. The number of hydrogen-bond donors (Lipinski definition) is 1. The Hall–Kier alpha value is -3.00. The molecule has 3 amide bonds. The van der Waals surface area contributed by atoms with Crippen LogP contribution in [0.3, 0.4) is 0 Å². The molecule has 3 aromatic carbocycles. The zero-order valence-corrected chi connectivity index (χ0v) is 19.9. The standard InChI is InChI=1S/C25H19BrClN3O3/c1-14-9-11-15(12-10-14)21-20-22(30(28-21)23(31)16-5-4-6-17(26)13-16)25(33)29(24(20)32)19-8-3-2-7-18(19)27/h2-13,20-22,28H,1H3/t20-,21-,22+/m0/s1. The summed E-state index contributed by atoms with van der Waals surface area (Å²) in [6.07, 6.45) is 0. The van der Waals surface area contributed by atoms with E-state index in [0.29, 0.717) is 16.3 Å². The third-order valence-corrected chi connectivity index (χ3v) is 6.87. The number of benzene rings is 3. The largest absolute Gasteiger partial charge is 0.274 e. The zero-order valence-electron chi connectivity index (χ0n) is 17.5. The van der Waals surface area contributed by atoms with E-state index in [-0.39, 0.29) is 11.8 Å². The molecule has 0 saturated carbocycles. The number of hydrogen-bond acceptors (Lipinski definition) is 4. The number of amides is 3. The van der Waals surface area contributed by atoms with Crippen LogP contribution in [0.2, 0.25) is 5.02 Å². The number of anilines is 1. The molecule has 0 aliphatic carbocycles. The SMILES string of the molecule is Cc1ccc([C@@H]2NN(C(=O)c3cccc(Br)c3)[C@H]3C(=O)N(c4ccccc4Cl)C(=O)[C@@H]23)cc1. The molecule has 2 fully saturated rings. The average molecular weight is 525 g/mol. The summed E-state index contributed by atoms with van der Waals surface area (Å²) in [5.41, 5.74) is 5.77. The lowest BCUT2D eigenvalue weighted by Crippen LogP contribution is -2.48. The Morgan fingerprint density at radius 2 is 1.70 bits per heavy atom. The molecule has 0 bridgehead atoms. The highest BCUT2D eigenvalue weighted by molar-refractivity contribution is 9.10. The second-order valence-corrected chi connectivity index (χ2v) is 9.46. The van der Waals surface area contributed by atoms with E-state index in [1.54, 1.807) is 42.5 Å². The van der Waals surface area contributed by atoms with Crippen LogP contribution in [0.15, 0.2) is 77.3 Å². The Morgan fingerprint density at radius 3 is 2.39 bits per heavy atom. The van der Waals surface area contributed by atoms with Crippen LogP contribution in [0.5, 0.6) is 0 Å². The number of fused-ring (bicyclic) bond motifs is 1. The molecule has 2 heterocycles. The fourth-order valence-corrected chi connectivity index (χ4v) is 5.08. The maximum Gasteiger partial charge on any atom is 0.268 e. The molecule has 0 radical (unpaired) electrons. The van der Waals surface area contributed by atoms with Crippen LogP contribution in [0.1, 0.15) is 27.5 Å². The maximum atomic E-state index is 13.6. The quantitative estimate of drug-likeness (QED) is 0.506. The lowest BCUT2D eigenvalue weighted by atomic mass is 9.90. The van der Waals surface area contributed by atoms with Gasteiger partial charge in [-0.3, -0.25) is 19.4 Å². The second kappa shape index (κ2) is 8.41. The molecule has 166 valence electrons. The summed E-state index contributed by atoms with van der Waals surface area (Å²) < 4.78 is 0.741. The van der Waals surface area contributed by atoms with Gasteiger partial charge in [-0.05, 0) is 42.8 Å². The normalized spacial score (nSPS) is 22.1. The number of halogens is 2. The Balaban J connectivity index is 1.60. The van der Waals surface area contributed by atoms with Gasteiger partial charge in [-0.2, -0.15) is 0 Å². The van der Waals surface area contributed by atoms with Crippen LogP contribution < -0.4 is 10.3 Å². The van der Waals surface area contributed by atoms with E-state index in [0.717, 1.165) is 20.5 Å². The van der Waals surface area contributed by atoms with Crippen molar-refractivity contribution in [3.8, 4) is 0 Å². The van der Waals surface area contributed by atoms with Crippen molar-refractivity contribution >= 4 is 50.9 Å². The molecule has 2 saturated heterocycles. The first-order valence-corrected chi connectivity index (χ1v) is 11.6. The Kier molecular flexibility index (Phi) is 5.56. The molecule has 8 heteroatoms. The summed E-state index contributed by atoms with van der Waals surface area (Å²) in [5.74, 6) is -2.04. The van der Waals surface area contributed by atoms with Crippen molar-refractivity contribution < 1.29 is 14.4 Å². The summed E-state index contributed by atoms with van der Waals surface area (Å²) in [5, 5.41) is 1.59. The lowest BCUT2D eigenvalue weighted by molar-refractivity contribution is -0.123. The first-order chi connectivity index (χ1) is 15.9. The van der Waals surface area contributed by atoms with Crippen molar-refractivity contribution in [3.63, 3.8) is 0 Å². The minimum atomic E-state index is -0.994. The molecule has 33 heavy (non-hydrogen) atoms. The number of hydrazine groups is 1. The van der Waals surface area contributed by atoms with Crippen molar-refractivity contribution in [2.75, 3.05) is 4.90 Å². The highest BCUT2D eigenvalue weighted by Gasteiger charge is 2.60. The molecule has 0 spiro atoms. The summed E-state index contributed by atoms with van der Waals surface area (Å²) >= 11 is 9.71. The number of para-hydroxylation sites is 1. The number of carbonyl (C=O) groups excluding carboxylic acids is 3. The monoisotopic (exact) mass is 523 g/mol. The molecular formula is C25H19BrClN3O3. The maximum absolute atomic E-state index is 13.6. The molecule has 6 nitrogen and oxygen atoms in total. The van der Waals surface area contributed by atoms with Gasteiger partial charge in [-0.1, -0.05) is 75.6 Å². The zero-order chi connectivity index (χ0) is 23.3. The van der Waals surface area contributed by atoms with E-state index in [9.17, 15) is 14.4 Å². The van der Waals surface area contributed by atoms with E-state index in [2.05, 4.69) is 21.4 Å². The molecule has 1 N–H and O–H groups in total. The highest BCUT2D eigenvalue weighted by atomic mass is 79.9. The highest BCUT2D eigenvalue weighted by Crippen LogP contribution is 2.43. The number of nitrogens with one attached hydrogen (secondary N) is 1. The van der Waals surface area contributed by atoms with E-state index >= 15 is 0 Å². The van der Waals surface area contributed by atoms with Crippen LogP contribution in [0, 0.1) is 12.8 Å². The lowest BCUT2D eigenvalue weighted by Gasteiger charge is -2.25. The predicted molar refractivity (Wildman–Crippen MR) is 129 cm³/mol. The van der Waals surface area contributed by atoms with Crippen molar-refractivity contribution in [1.82, 2.24) is 10.4 Å². The van der Waals surface area contributed by atoms with Gasteiger partial charge in [-0.15, -0.1) is 0 Å². The molecule has 0 aromatic heterocycles. The Labute approximate surface area is 204 Å². The molecule has 0 unspecified atom stereocenters. The minimum Gasteiger partial charge on any atom is -0.274 e. The molecule has 5 rings (SSSR count). The van der Waals surface area contributed by atoms with Crippen molar-refractivity contribution in [2.45, 2.75) is 19.0 Å². The summed E-state index contributed by atoms with van der Waals surface area (Å²) in [4.78, 5) is 41.8. The van der Waals surface area contributed by atoms with Gasteiger partial charge in [0.2, 0.25) is 5.91 Å². The molecule has 3 atom stereocenters. The number of nitrogens with zero attached hydrogens (tertiary/aromatic N) is 2. The predicted octanol–water partition coefficient (Wildman–Crippen LogP) is 4.67. The van der Waals surface area contributed by atoms with Crippen LogP contribution in [0.4, 0.5) is 5.69 Å². The van der Waals surface area contributed by atoms with Gasteiger partial charge in [0.05, 0.1) is 22.7 Å². The van der Waals surface area contributed by atoms with Gasteiger partial charge < -0.3 is 0 Å². The second-order valence-electron chi connectivity index (χ2n) is 8.14. The van der Waals surface area contributed by atoms with Gasteiger partial charge in [0, 0.05) is 10.0 Å². The van der Waals surface area contributed by atoms with E-state index in [1.807, 2.05) is 37.3 Å². The summed E-state index contributed by atoms with van der Waals surface area (Å²) in [6, 6.07) is 19.8. The van der Waals surface area contributed by atoms with Crippen LogP contribution >= 0.6 is 27.5 Å². The molecular weight excluding hydrogens is 506 g/mol. The topological polar surface area (TPSA) is 69.7 Å². The molecule has 2 aliphatic rings. The average Bonchev–Trinajstić information content (AvgIpc) is 3.31. The van der Waals surface area contributed by atoms with Crippen molar-refractivity contribution in [3.05, 3.63) is 99.0 Å². The van der Waals surface area contributed by atoms with Gasteiger partial charge in [0.1, 0.15) is 6.04 Å². The van der Waals surface area contributed by atoms with E-state index in [1.165, 1.54) is 5.01 Å². The smallest absolute Gasteiger partial charge is 0.268 e. The third-order valence-electron chi connectivity index (χ3n) is 6.05. The van der Waals surface area contributed by atoms with E-state index < -0.39 is 23.9 Å². The first-order valence-electron chi connectivity index (χ1n) is 10.4. The number of aryl methyl sites for hydroxylation is 1. The fourth-order valence-electron chi connectivity index (χ4n) is 4.46. The Bertz CT molecular complexity index is 1280. The minimum absolute atomic E-state index is 0.295. The summed E-state index contributed by atoms with van der Waals surface area (Å²) in [6.45, 7) is 1.97. The number of rotatable bonds is 3.